The minimum absolute atomic E-state index is 0. The van der Waals surface area contributed by atoms with Crippen molar-refractivity contribution in [2.24, 2.45) is 5.73 Å². The van der Waals surface area contributed by atoms with Crippen molar-refractivity contribution in [1.82, 2.24) is 4.90 Å². The summed E-state index contributed by atoms with van der Waals surface area (Å²) in [4.78, 5) is 14.1. The van der Waals surface area contributed by atoms with Gasteiger partial charge in [0.15, 0.2) is 0 Å². The summed E-state index contributed by atoms with van der Waals surface area (Å²) in [6.07, 6.45) is 5.35. The number of hydrogen-bond acceptors (Lipinski definition) is 2. The Morgan fingerprint density at radius 3 is 2.19 bits per heavy atom. The first-order valence-electron chi connectivity index (χ1n) is 6.09. The second-order valence-electron chi connectivity index (χ2n) is 5.01. The minimum atomic E-state index is -0.0276. The van der Waals surface area contributed by atoms with E-state index in [1.165, 1.54) is 25.7 Å². The van der Waals surface area contributed by atoms with Gasteiger partial charge in [0.2, 0.25) is 5.91 Å². The normalized spacial score (nSPS) is 18.3. The molecule has 1 atom stereocenters. The second-order valence-corrected chi connectivity index (χ2v) is 5.01. The van der Waals surface area contributed by atoms with Crippen molar-refractivity contribution in [1.29, 1.82) is 0 Å². The number of nitrogens with two attached hydrogens (primary N) is 1. The van der Waals surface area contributed by atoms with Gasteiger partial charge < -0.3 is 10.6 Å². The molecule has 0 bridgehead atoms. The predicted molar refractivity (Wildman–Crippen MR) is 69.8 cm³/mol. The second kappa shape index (κ2) is 7.13. The lowest BCUT2D eigenvalue weighted by Crippen LogP contribution is -2.45. The van der Waals surface area contributed by atoms with Crippen molar-refractivity contribution in [3.63, 3.8) is 0 Å². The van der Waals surface area contributed by atoms with E-state index < -0.39 is 0 Å². The molecule has 0 saturated heterocycles. The van der Waals surface area contributed by atoms with Crippen LogP contribution in [0.4, 0.5) is 0 Å². The predicted octanol–water partition coefficient (Wildman–Crippen LogP) is 2.33. The molecule has 0 heterocycles. The maximum atomic E-state index is 12.0. The number of nitrogens with zero attached hydrogens (tertiary/aromatic N) is 1. The molecule has 0 aromatic rings. The van der Waals surface area contributed by atoms with Crippen molar-refractivity contribution in [3.8, 4) is 0 Å². The lowest BCUT2D eigenvalue weighted by molar-refractivity contribution is -0.135. The largest absolute Gasteiger partial charge is 0.337 e. The molecule has 1 fully saturated rings. The number of hydrogen-bond donors (Lipinski definition) is 1. The van der Waals surface area contributed by atoms with Crippen molar-refractivity contribution < 1.29 is 4.79 Å². The molecular formula is C12H25ClN2O. The highest BCUT2D eigenvalue weighted by atomic mass is 35.5. The van der Waals surface area contributed by atoms with E-state index >= 15 is 0 Å². The van der Waals surface area contributed by atoms with Crippen LogP contribution in [-0.4, -0.2) is 28.9 Å². The molecule has 4 heteroatoms. The third kappa shape index (κ3) is 4.30. The zero-order valence-corrected chi connectivity index (χ0v) is 11.4. The van der Waals surface area contributed by atoms with Gasteiger partial charge in [-0.15, -0.1) is 12.4 Å². The van der Waals surface area contributed by atoms with E-state index in [2.05, 4.69) is 18.7 Å². The third-order valence-electron chi connectivity index (χ3n) is 3.06. The summed E-state index contributed by atoms with van der Waals surface area (Å²) in [7, 11) is 0. The lowest BCUT2D eigenvalue weighted by atomic mass is 10.1. The van der Waals surface area contributed by atoms with Gasteiger partial charge in [-0.2, -0.15) is 0 Å². The zero-order chi connectivity index (χ0) is 11.4. The summed E-state index contributed by atoms with van der Waals surface area (Å²) in [5.41, 5.74) is 5.68. The van der Waals surface area contributed by atoms with Crippen LogP contribution in [0, 0.1) is 0 Å². The Balaban J connectivity index is 0.00000225. The topological polar surface area (TPSA) is 46.3 Å². The molecule has 0 spiro atoms. The first-order chi connectivity index (χ1) is 7.02. The van der Waals surface area contributed by atoms with Gasteiger partial charge >= 0.3 is 0 Å². The van der Waals surface area contributed by atoms with Crippen molar-refractivity contribution in [3.05, 3.63) is 0 Å². The molecule has 16 heavy (non-hydrogen) atoms. The minimum Gasteiger partial charge on any atom is -0.337 e. The molecule has 96 valence electrons. The Kier molecular flexibility index (Phi) is 7.00. The molecule has 0 aliphatic heterocycles. The molecule has 0 aromatic heterocycles. The van der Waals surface area contributed by atoms with Crippen LogP contribution in [0.25, 0.3) is 0 Å². The summed E-state index contributed by atoms with van der Waals surface area (Å²) in [5.74, 6) is 0.229. The van der Waals surface area contributed by atoms with Crippen LogP contribution in [0.2, 0.25) is 0 Å². The van der Waals surface area contributed by atoms with E-state index in [1.54, 1.807) is 0 Å². The maximum Gasteiger partial charge on any atom is 0.224 e. The molecule has 1 saturated carbocycles. The Labute approximate surface area is 105 Å². The molecular weight excluding hydrogens is 224 g/mol. The SMILES string of the molecule is CC(N)CC(=O)N(C(C)C)C1CCCC1.Cl. The molecule has 1 aliphatic rings. The lowest BCUT2D eigenvalue weighted by Gasteiger charge is -2.33. The van der Waals surface area contributed by atoms with Gasteiger partial charge in [0.1, 0.15) is 0 Å². The van der Waals surface area contributed by atoms with Crippen LogP contribution in [0.1, 0.15) is 52.9 Å². The van der Waals surface area contributed by atoms with Gasteiger partial charge in [0.25, 0.3) is 0 Å². The van der Waals surface area contributed by atoms with E-state index in [4.69, 9.17) is 5.73 Å². The van der Waals surface area contributed by atoms with Gasteiger partial charge in [0, 0.05) is 24.5 Å². The van der Waals surface area contributed by atoms with Gasteiger partial charge in [-0.05, 0) is 33.6 Å². The van der Waals surface area contributed by atoms with Gasteiger partial charge in [-0.1, -0.05) is 12.8 Å². The average Bonchev–Trinajstić information content (AvgIpc) is 2.54. The van der Waals surface area contributed by atoms with Crippen LogP contribution < -0.4 is 5.73 Å². The smallest absolute Gasteiger partial charge is 0.224 e. The van der Waals surface area contributed by atoms with Crippen LogP contribution in [0.5, 0.6) is 0 Å². The van der Waals surface area contributed by atoms with Gasteiger partial charge in [-0.3, -0.25) is 4.79 Å². The summed E-state index contributed by atoms with van der Waals surface area (Å²) < 4.78 is 0. The van der Waals surface area contributed by atoms with Crippen LogP contribution >= 0.6 is 12.4 Å². The first-order valence-corrected chi connectivity index (χ1v) is 6.09. The number of amides is 1. The van der Waals surface area contributed by atoms with Crippen LogP contribution in [-0.2, 0) is 4.79 Å². The molecule has 0 aromatic carbocycles. The fourth-order valence-electron chi connectivity index (χ4n) is 2.48. The third-order valence-corrected chi connectivity index (χ3v) is 3.06. The van der Waals surface area contributed by atoms with Crippen molar-refractivity contribution in [2.45, 2.75) is 71.0 Å². The van der Waals surface area contributed by atoms with Gasteiger partial charge in [0.05, 0.1) is 0 Å². The summed E-state index contributed by atoms with van der Waals surface area (Å²) in [6, 6.07) is 0.746. The van der Waals surface area contributed by atoms with Crippen molar-refractivity contribution in [2.75, 3.05) is 0 Å². The standard InChI is InChI=1S/C12H24N2O.ClH/c1-9(2)14(11-6-4-5-7-11)12(15)8-10(3)13;/h9-11H,4-8,13H2,1-3H3;1H. The molecule has 0 radical (unpaired) electrons. The molecule has 2 N–H and O–H groups in total. The molecule has 1 aliphatic carbocycles. The maximum absolute atomic E-state index is 12.0. The molecule has 3 nitrogen and oxygen atoms in total. The molecule has 1 rings (SSSR count). The number of rotatable bonds is 4. The van der Waals surface area contributed by atoms with E-state index in [0.717, 1.165) is 0 Å². The highest BCUT2D eigenvalue weighted by Gasteiger charge is 2.28. The van der Waals surface area contributed by atoms with Crippen molar-refractivity contribution >= 4 is 18.3 Å². The fourth-order valence-corrected chi connectivity index (χ4v) is 2.48. The zero-order valence-electron chi connectivity index (χ0n) is 10.6. The van der Waals surface area contributed by atoms with Crippen LogP contribution in [0.15, 0.2) is 0 Å². The highest BCUT2D eigenvalue weighted by molar-refractivity contribution is 5.85. The summed E-state index contributed by atoms with van der Waals surface area (Å²) in [5, 5.41) is 0. The van der Waals surface area contributed by atoms with E-state index in [0.29, 0.717) is 18.5 Å². The monoisotopic (exact) mass is 248 g/mol. The Morgan fingerprint density at radius 2 is 1.81 bits per heavy atom. The summed E-state index contributed by atoms with van der Waals surface area (Å²) in [6.45, 7) is 6.08. The number of halogens is 1. The Hall–Kier alpha value is -0.280. The Morgan fingerprint density at radius 1 is 1.31 bits per heavy atom. The van der Waals surface area contributed by atoms with E-state index in [-0.39, 0.29) is 24.4 Å². The van der Waals surface area contributed by atoms with Crippen LogP contribution in [0.3, 0.4) is 0 Å². The van der Waals surface area contributed by atoms with Gasteiger partial charge in [-0.25, -0.2) is 0 Å². The molecule has 1 amide bonds. The van der Waals surface area contributed by atoms with E-state index in [9.17, 15) is 4.79 Å². The Bertz CT molecular complexity index is 213. The van der Waals surface area contributed by atoms with E-state index in [1.807, 2.05) is 6.92 Å². The highest BCUT2D eigenvalue weighted by Crippen LogP contribution is 2.25. The average molecular weight is 249 g/mol. The fraction of sp³-hybridized carbons (Fsp3) is 0.917. The quantitative estimate of drug-likeness (QED) is 0.830. The number of carbonyl (C=O) groups excluding carboxylic acids is 1. The molecule has 1 unspecified atom stereocenters. The number of carbonyl (C=O) groups is 1. The summed E-state index contributed by atoms with van der Waals surface area (Å²) >= 11 is 0. The first kappa shape index (κ1) is 15.7.